The van der Waals surface area contributed by atoms with Gasteiger partial charge < -0.3 is 4.74 Å². The van der Waals surface area contributed by atoms with Crippen molar-refractivity contribution in [2.45, 2.75) is 18.7 Å². The van der Waals surface area contributed by atoms with Crippen molar-refractivity contribution in [2.24, 2.45) is 0 Å². The summed E-state index contributed by atoms with van der Waals surface area (Å²) in [5.41, 5.74) is -2.40. The van der Waals surface area contributed by atoms with E-state index in [4.69, 9.17) is 11.6 Å². The van der Waals surface area contributed by atoms with Crippen LogP contribution in [0.1, 0.15) is 12.5 Å². The third-order valence-electron chi connectivity index (χ3n) is 2.36. The summed E-state index contributed by atoms with van der Waals surface area (Å²) in [6, 6.07) is 4.09. The number of halogens is 5. The van der Waals surface area contributed by atoms with E-state index >= 15 is 0 Å². The number of ether oxygens (including phenoxy) is 1. The molecule has 0 fully saturated rings. The van der Waals surface area contributed by atoms with Gasteiger partial charge in [0.15, 0.2) is 5.60 Å². The fourth-order valence-electron chi connectivity index (χ4n) is 1.23. The Hall–Kier alpha value is -0.260. The van der Waals surface area contributed by atoms with Crippen molar-refractivity contribution in [1.29, 1.82) is 0 Å². The van der Waals surface area contributed by atoms with E-state index in [1.165, 1.54) is 18.2 Å². The first-order chi connectivity index (χ1) is 7.20. The van der Waals surface area contributed by atoms with Gasteiger partial charge in [-0.3, -0.25) is 0 Å². The smallest absolute Gasteiger partial charge is 0.364 e. The summed E-state index contributed by atoms with van der Waals surface area (Å²) in [6.45, 7) is 0.963. The number of alkyl halides is 3. The molecule has 1 aromatic rings. The lowest BCUT2D eigenvalue weighted by Crippen LogP contribution is -2.41. The van der Waals surface area contributed by atoms with Crippen LogP contribution in [0.3, 0.4) is 0 Å². The van der Waals surface area contributed by atoms with Crippen LogP contribution in [0.2, 0.25) is 5.02 Å². The maximum Gasteiger partial charge on any atom is 0.421 e. The molecule has 0 saturated carbocycles. The molecule has 0 N–H and O–H groups in total. The number of benzene rings is 1. The monoisotopic (exact) mass is 316 g/mol. The van der Waals surface area contributed by atoms with Crippen molar-refractivity contribution in [1.82, 2.24) is 0 Å². The predicted molar refractivity (Wildman–Crippen MR) is 59.6 cm³/mol. The van der Waals surface area contributed by atoms with Crippen molar-refractivity contribution in [3.05, 3.63) is 33.3 Å². The molecule has 0 aliphatic heterocycles. The van der Waals surface area contributed by atoms with Crippen LogP contribution in [-0.4, -0.2) is 13.3 Å². The van der Waals surface area contributed by atoms with Gasteiger partial charge in [0.2, 0.25) is 0 Å². The number of hydrogen-bond acceptors (Lipinski definition) is 1. The molecule has 0 aliphatic rings. The number of methoxy groups -OCH3 is 1. The fraction of sp³-hybridized carbons (Fsp3) is 0.400. The van der Waals surface area contributed by atoms with Crippen molar-refractivity contribution < 1.29 is 17.9 Å². The first-order valence-corrected chi connectivity index (χ1v) is 5.46. The SMILES string of the molecule is COC(C)(c1cc(Cl)cc(Br)c1)C(F)(F)F. The molecular weight excluding hydrogens is 308 g/mol. The van der Waals surface area contributed by atoms with E-state index in [0.29, 0.717) is 4.47 Å². The number of rotatable bonds is 2. The Kier molecular flexibility index (Phi) is 3.92. The highest BCUT2D eigenvalue weighted by Gasteiger charge is 2.53. The summed E-state index contributed by atoms with van der Waals surface area (Å²) in [5.74, 6) is 0. The van der Waals surface area contributed by atoms with Crippen LogP contribution in [0.5, 0.6) is 0 Å². The minimum atomic E-state index is -4.51. The van der Waals surface area contributed by atoms with Gasteiger partial charge in [-0.1, -0.05) is 27.5 Å². The highest BCUT2D eigenvalue weighted by molar-refractivity contribution is 9.10. The third-order valence-corrected chi connectivity index (χ3v) is 3.04. The maximum atomic E-state index is 12.9. The van der Waals surface area contributed by atoms with Crippen LogP contribution in [-0.2, 0) is 10.3 Å². The molecule has 0 aliphatic carbocycles. The van der Waals surface area contributed by atoms with Gasteiger partial charge >= 0.3 is 6.18 Å². The van der Waals surface area contributed by atoms with Crippen LogP contribution in [0.25, 0.3) is 0 Å². The fourth-order valence-corrected chi connectivity index (χ4v) is 2.09. The van der Waals surface area contributed by atoms with Crippen molar-refractivity contribution in [2.75, 3.05) is 7.11 Å². The average Bonchev–Trinajstić information content (AvgIpc) is 2.13. The Morgan fingerprint density at radius 2 is 1.81 bits per heavy atom. The standard InChI is InChI=1S/C10H9BrClF3O/c1-9(16-2,10(13,14)15)6-3-7(11)5-8(12)4-6/h3-5H,1-2H3. The molecule has 0 aromatic heterocycles. The van der Waals surface area contributed by atoms with E-state index in [-0.39, 0.29) is 10.6 Å². The molecule has 0 radical (unpaired) electrons. The van der Waals surface area contributed by atoms with E-state index in [1.54, 1.807) is 0 Å². The Balaban J connectivity index is 3.34. The summed E-state index contributed by atoms with van der Waals surface area (Å²) in [4.78, 5) is 0. The Morgan fingerprint density at radius 1 is 1.25 bits per heavy atom. The minimum absolute atomic E-state index is 0.0399. The van der Waals surface area contributed by atoms with E-state index in [9.17, 15) is 13.2 Å². The summed E-state index contributed by atoms with van der Waals surface area (Å²) in [7, 11) is 1.02. The molecule has 0 saturated heterocycles. The van der Waals surface area contributed by atoms with Gasteiger partial charge in [-0.15, -0.1) is 0 Å². The molecule has 0 amide bonds. The Morgan fingerprint density at radius 3 is 2.19 bits per heavy atom. The molecule has 0 bridgehead atoms. The second-order valence-electron chi connectivity index (χ2n) is 3.39. The average molecular weight is 318 g/mol. The topological polar surface area (TPSA) is 9.23 Å². The van der Waals surface area contributed by atoms with Gasteiger partial charge in [-0.25, -0.2) is 0 Å². The van der Waals surface area contributed by atoms with Crippen molar-refractivity contribution in [3.8, 4) is 0 Å². The van der Waals surface area contributed by atoms with E-state index in [0.717, 1.165) is 14.0 Å². The number of hydrogen-bond donors (Lipinski definition) is 0. The quantitative estimate of drug-likeness (QED) is 0.779. The molecule has 0 heterocycles. The van der Waals surface area contributed by atoms with Gasteiger partial charge in [0.1, 0.15) is 0 Å². The van der Waals surface area contributed by atoms with Gasteiger partial charge in [0.25, 0.3) is 0 Å². The molecule has 0 spiro atoms. The molecule has 1 aromatic carbocycles. The third kappa shape index (κ3) is 2.52. The van der Waals surface area contributed by atoms with Crippen molar-refractivity contribution >= 4 is 27.5 Å². The molecule has 16 heavy (non-hydrogen) atoms. The summed E-state index contributed by atoms with van der Waals surface area (Å²) in [5, 5.41) is 0.219. The largest absolute Gasteiger partial charge is 0.421 e. The van der Waals surface area contributed by atoms with Crippen molar-refractivity contribution in [3.63, 3.8) is 0 Å². The van der Waals surface area contributed by atoms with E-state index in [1.807, 2.05) is 0 Å². The summed E-state index contributed by atoms with van der Waals surface area (Å²) >= 11 is 8.80. The molecule has 1 atom stereocenters. The molecule has 1 unspecified atom stereocenters. The van der Waals surface area contributed by atoms with Gasteiger partial charge in [0, 0.05) is 16.6 Å². The second-order valence-corrected chi connectivity index (χ2v) is 4.75. The molecule has 1 rings (SSSR count). The van der Waals surface area contributed by atoms with Gasteiger partial charge in [-0.05, 0) is 30.7 Å². The first kappa shape index (κ1) is 13.8. The molecule has 1 nitrogen and oxygen atoms in total. The lowest BCUT2D eigenvalue weighted by atomic mass is 9.95. The Labute approximate surface area is 105 Å². The summed E-state index contributed by atoms with van der Waals surface area (Å²) < 4.78 is 43.7. The molecule has 90 valence electrons. The summed E-state index contributed by atoms with van der Waals surface area (Å²) in [6.07, 6.45) is -4.51. The first-order valence-electron chi connectivity index (χ1n) is 4.29. The zero-order valence-electron chi connectivity index (χ0n) is 8.53. The van der Waals surface area contributed by atoms with Crippen LogP contribution < -0.4 is 0 Å². The van der Waals surface area contributed by atoms with Crippen LogP contribution in [0.4, 0.5) is 13.2 Å². The van der Waals surface area contributed by atoms with E-state index in [2.05, 4.69) is 20.7 Å². The lowest BCUT2D eigenvalue weighted by molar-refractivity contribution is -0.269. The highest BCUT2D eigenvalue weighted by atomic mass is 79.9. The minimum Gasteiger partial charge on any atom is -0.364 e. The highest BCUT2D eigenvalue weighted by Crippen LogP contribution is 2.42. The van der Waals surface area contributed by atoms with Gasteiger partial charge in [0.05, 0.1) is 0 Å². The molecule has 6 heteroatoms. The van der Waals surface area contributed by atoms with Crippen LogP contribution >= 0.6 is 27.5 Å². The zero-order valence-corrected chi connectivity index (χ0v) is 10.9. The molecular formula is C10H9BrClF3O. The predicted octanol–water partition coefficient (Wildman–Crippen LogP) is 4.53. The van der Waals surface area contributed by atoms with E-state index < -0.39 is 11.8 Å². The normalized spacial score (nSPS) is 15.9. The van der Waals surface area contributed by atoms with Crippen LogP contribution in [0, 0.1) is 0 Å². The maximum absolute atomic E-state index is 12.9. The van der Waals surface area contributed by atoms with Gasteiger partial charge in [-0.2, -0.15) is 13.2 Å². The van der Waals surface area contributed by atoms with Crippen LogP contribution in [0.15, 0.2) is 22.7 Å². The Bertz CT molecular complexity index is 374. The lowest BCUT2D eigenvalue weighted by Gasteiger charge is -2.31. The zero-order chi connectivity index (χ0) is 12.6. The second kappa shape index (κ2) is 4.55.